The highest BCUT2D eigenvalue weighted by Gasteiger charge is 2.44. The molecule has 3 N–H and O–H groups in total. The second kappa shape index (κ2) is 4.65. The highest BCUT2D eigenvalue weighted by molar-refractivity contribution is 7.80. The molecular formula is C14H20N2S. The van der Waals surface area contributed by atoms with E-state index in [1.54, 1.807) is 0 Å². The summed E-state index contributed by atoms with van der Waals surface area (Å²) < 4.78 is 0. The third-order valence-corrected chi connectivity index (χ3v) is 4.17. The Morgan fingerprint density at radius 2 is 1.94 bits per heavy atom. The molecule has 2 rings (SSSR count). The lowest BCUT2D eigenvalue weighted by Gasteiger charge is -2.20. The third kappa shape index (κ3) is 2.78. The van der Waals surface area contributed by atoms with Gasteiger partial charge in [-0.3, -0.25) is 0 Å². The maximum Gasteiger partial charge on any atom is 0.103 e. The van der Waals surface area contributed by atoms with Gasteiger partial charge in [0.25, 0.3) is 0 Å². The SMILES string of the molecule is CC(C)C1(CNc2ccc(C(N)=S)cc2)CC1. The van der Waals surface area contributed by atoms with Crippen molar-refractivity contribution >= 4 is 22.9 Å². The van der Waals surface area contributed by atoms with E-state index in [1.807, 2.05) is 24.3 Å². The summed E-state index contributed by atoms with van der Waals surface area (Å²) in [4.78, 5) is 0.456. The molecule has 1 aliphatic rings. The fourth-order valence-corrected chi connectivity index (χ4v) is 2.29. The number of nitrogens with two attached hydrogens (primary N) is 1. The van der Waals surface area contributed by atoms with E-state index in [0.29, 0.717) is 10.4 Å². The highest BCUT2D eigenvalue weighted by Crippen LogP contribution is 2.51. The highest BCUT2D eigenvalue weighted by atomic mass is 32.1. The average molecular weight is 248 g/mol. The number of benzene rings is 1. The minimum atomic E-state index is 0.456. The Morgan fingerprint density at radius 1 is 1.35 bits per heavy atom. The molecule has 0 spiro atoms. The zero-order chi connectivity index (χ0) is 12.5. The number of thiocarbonyl (C=S) groups is 1. The van der Waals surface area contributed by atoms with Crippen molar-refractivity contribution in [1.82, 2.24) is 0 Å². The summed E-state index contributed by atoms with van der Waals surface area (Å²) in [6.07, 6.45) is 2.70. The maximum atomic E-state index is 5.57. The van der Waals surface area contributed by atoms with E-state index in [9.17, 15) is 0 Å². The fourth-order valence-electron chi connectivity index (χ4n) is 2.15. The second-order valence-electron chi connectivity index (χ2n) is 5.31. The van der Waals surface area contributed by atoms with Gasteiger partial charge in [0.1, 0.15) is 4.99 Å². The molecule has 0 saturated heterocycles. The van der Waals surface area contributed by atoms with Crippen molar-refractivity contribution in [2.75, 3.05) is 11.9 Å². The number of anilines is 1. The van der Waals surface area contributed by atoms with Crippen molar-refractivity contribution in [1.29, 1.82) is 0 Å². The van der Waals surface area contributed by atoms with Gasteiger partial charge in [-0.15, -0.1) is 0 Å². The fraction of sp³-hybridized carbons (Fsp3) is 0.500. The van der Waals surface area contributed by atoms with Gasteiger partial charge in [-0.1, -0.05) is 26.1 Å². The molecule has 17 heavy (non-hydrogen) atoms. The molecule has 0 radical (unpaired) electrons. The van der Waals surface area contributed by atoms with Crippen LogP contribution in [-0.2, 0) is 0 Å². The lowest BCUT2D eigenvalue weighted by molar-refractivity contribution is 0.380. The Labute approximate surface area is 109 Å². The van der Waals surface area contributed by atoms with Gasteiger partial charge in [0.05, 0.1) is 0 Å². The molecule has 92 valence electrons. The van der Waals surface area contributed by atoms with Crippen LogP contribution in [-0.4, -0.2) is 11.5 Å². The largest absolute Gasteiger partial charge is 0.389 e. The monoisotopic (exact) mass is 248 g/mol. The number of nitrogens with one attached hydrogen (secondary N) is 1. The summed E-state index contributed by atoms with van der Waals surface area (Å²) in [7, 11) is 0. The molecule has 0 aliphatic heterocycles. The first-order valence-electron chi connectivity index (χ1n) is 6.17. The third-order valence-electron chi connectivity index (χ3n) is 3.93. The molecule has 1 aromatic rings. The van der Waals surface area contributed by atoms with Crippen LogP contribution in [0.4, 0.5) is 5.69 Å². The Hall–Kier alpha value is -1.09. The van der Waals surface area contributed by atoms with Gasteiger partial charge in [0, 0.05) is 17.8 Å². The van der Waals surface area contributed by atoms with Gasteiger partial charge in [0.2, 0.25) is 0 Å². The summed E-state index contributed by atoms with van der Waals surface area (Å²) in [6, 6.07) is 8.04. The van der Waals surface area contributed by atoms with Crippen molar-refractivity contribution in [2.45, 2.75) is 26.7 Å². The minimum Gasteiger partial charge on any atom is -0.389 e. The molecular weight excluding hydrogens is 228 g/mol. The van der Waals surface area contributed by atoms with Crippen LogP contribution in [0.5, 0.6) is 0 Å². The topological polar surface area (TPSA) is 38.0 Å². The van der Waals surface area contributed by atoms with Crippen LogP contribution >= 0.6 is 12.2 Å². The van der Waals surface area contributed by atoms with Crippen LogP contribution in [0.1, 0.15) is 32.3 Å². The Morgan fingerprint density at radius 3 is 2.35 bits per heavy atom. The molecule has 0 amide bonds. The quantitative estimate of drug-likeness (QED) is 0.786. The summed E-state index contributed by atoms with van der Waals surface area (Å²) in [5.74, 6) is 0.755. The molecule has 0 heterocycles. The molecule has 0 bridgehead atoms. The van der Waals surface area contributed by atoms with Crippen LogP contribution < -0.4 is 11.1 Å². The smallest absolute Gasteiger partial charge is 0.103 e. The van der Waals surface area contributed by atoms with E-state index in [0.717, 1.165) is 23.7 Å². The van der Waals surface area contributed by atoms with Gasteiger partial charge in [-0.2, -0.15) is 0 Å². The molecule has 2 nitrogen and oxygen atoms in total. The predicted molar refractivity (Wildman–Crippen MR) is 77.3 cm³/mol. The lowest BCUT2D eigenvalue weighted by Crippen LogP contribution is -2.20. The summed E-state index contributed by atoms with van der Waals surface area (Å²) in [5.41, 5.74) is 8.17. The maximum absolute atomic E-state index is 5.57. The van der Waals surface area contributed by atoms with Crippen molar-refractivity contribution in [2.24, 2.45) is 17.1 Å². The average Bonchev–Trinajstić information content (AvgIpc) is 3.08. The summed E-state index contributed by atoms with van der Waals surface area (Å²) in [6.45, 7) is 5.69. The first-order valence-corrected chi connectivity index (χ1v) is 6.58. The van der Waals surface area contributed by atoms with Gasteiger partial charge < -0.3 is 11.1 Å². The zero-order valence-electron chi connectivity index (χ0n) is 10.5. The number of rotatable bonds is 5. The van der Waals surface area contributed by atoms with Crippen LogP contribution in [0.25, 0.3) is 0 Å². The van der Waals surface area contributed by atoms with E-state index in [-0.39, 0.29) is 0 Å². The van der Waals surface area contributed by atoms with Gasteiger partial charge >= 0.3 is 0 Å². The molecule has 0 aromatic heterocycles. The first-order chi connectivity index (χ1) is 8.03. The number of hydrogen-bond donors (Lipinski definition) is 2. The van der Waals surface area contributed by atoms with Gasteiger partial charge in [0.15, 0.2) is 0 Å². The first kappa shape index (κ1) is 12.4. The van der Waals surface area contributed by atoms with Gasteiger partial charge in [-0.25, -0.2) is 0 Å². The van der Waals surface area contributed by atoms with E-state index >= 15 is 0 Å². The standard InChI is InChI=1S/C14H20N2S/c1-10(2)14(7-8-14)9-16-12-5-3-11(4-6-12)13(15)17/h3-6,10,16H,7-9H2,1-2H3,(H2,15,17). The Bertz CT molecular complexity index is 405. The molecule has 1 aromatic carbocycles. The van der Waals surface area contributed by atoms with Crippen molar-refractivity contribution in [3.8, 4) is 0 Å². The van der Waals surface area contributed by atoms with Crippen molar-refractivity contribution < 1.29 is 0 Å². The van der Waals surface area contributed by atoms with E-state index in [1.165, 1.54) is 12.8 Å². The normalized spacial score (nSPS) is 16.9. The molecule has 1 saturated carbocycles. The van der Waals surface area contributed by atoms with Crippen LogP contribution in [0.3, 0.4) is 0 Å². The number of hydrogen-bond acceptors (Lipinski definition) is 2. The van der Waals surface area contributed by atoms with Crippen molar-refractivity contribution in [3.63, 3.8) is 0 Å². The Balaban J connectivity index is 1.94. The summed E-state index contributed by atoms with van der Waals surface area (Å²) in [5, 5.41) is 3.51. The van der Waals surface area contributed by atoms with Crippen LogP contribution in [0.15, 0.2) is 24.3 Å². The van der Waals surface area contributed by atoms with Crippen LogP contribution in [0, 0.1) is 11.3 Å². The lowest BCUT2D eigenvalue weighted by atomic mass is 9.92. The molecule has 1 fully saturated rings. The molecule has 0 atom stereocenters. The second-order valence-corrected chi connectivity index (χ2v) is 5.75. The zero-order valence-corrected chi connectivity index (χ0v) is 11.3. The van der Waals surface area contributed by atoms with E-state index in [4.69, 9.17) is 18.0 Å². The van der Waals surface area contributed by atoms with E-state index < -0.39 is 0 Å². The molecule has 0 unspecified atom stereocenters. The van der Waals surface area contributed by atoms with E-state index in [2.05, 4.69) is 19.2 Å². The predicted octanol–water partition coefficient (Wildman–Crippen LogP) is 3.17. The van der Waals surface area contributed by atoms with Crippen molar-refractivity contribution in [3.05, 3.63) is 29.8 Å². The minimum absolute atomic E-state index is 0.456. The Kier molecular flexibility index (Phi) is 3.38. The molecule has 3 heteroatoms. The summed E-state index contributed by atoms with van der Waals surface area (Å²) >= 11 is 4.93. The van der Waals surface area contributed by atoms with Crippen LogP contribution in [0.2, 0.25) is 0 Å². The molecule has 1 aliphatic carbocycles. The van der Waals surface area contributed by atoms with Gasteiger partial charge in [-0.05, 0) is 48.4 Å².